The number of nitrogens with zero attached hydrogens (tertiary/aromatic N) is 1. The fourth-order valence-electron chi connectivity index (χ4n) is 3.22. The molecule has 4 aromatic rings. The monoisotopic (exact) mass is 342 g/mol. The van der Waals surface area contributed by atoms with Gasteiger partial charge in [0.05, 0.1) is 0 Å². The molecule has 0 saturated carbocycles. The minimum absolute atomic E-state index is 0.305. The van der Waals surface area contributed by atoms with Gasteiger partial charge < -0.3 is 10.2 Å². The van der Waals surface area contributed by atoms with Gasteiger partial charge >= 0.3 is 5.63 Å². The zero-order chi connectivity index (χ0) is 18.1. The molecule has 0 spiro atoms. The molecule has 2 aromatic heterocycles. The van der Waals surface area contributed by atoms with E-state index in [2.05, 4.69) is 4.98 Å². The van der Waals surface area contributed by atoms with Crippen molar-refractivity contribution in [3.63, 3.8) is 0 Å². The first-order valence-corrected chi connectivity index (χ1v) is 8.43. The normalized spacial score (nSPS) is 11.0. The molecule has 4 nitrogen and oxygen atoms in total. The van der Waals surface area contributed by atoms with Gasteiger partial charge in [0.2, 0.25) is 0 Å². The maximum absolute atomic E-state index is 12.6. The van der Waals surface area contributed by atoms with E-state index in [1.165, 1.54) is 0 Å². The molecule has 0 aliphatic carbocycles. The van der Waals surface area contributed by atoms with Crippen LogP contribution in [-0.2, 0) is 6.42 Å². The van der Waals surface area contributed by atoms with Crippen molar-refractivity contribution in [2.24, 2.45) is 0 Å². The van der Waals surface area contributed by atoms with E-state index >= 15 is 0 Å². The fraction of sp³-hybridized carbons (Fsp3) is 0.0909. The van der Waals surface area contributed by atoms with Crippen LogP contribution in [0.15, 0.2) is 76.2 Å². The number of hydrogen-bond acceptors (Lipinski definition) is 4. The maximum Gasteiger partial charge on any atom is 0.340 e. The molecule has 0 bridgehead atoms. The van der Waals surface area contributed by atoms with Gasteiger partial charge in [0, 0.05) is 41.0 Å². The van der Waals surface area contributed by atoms with Crippen molar-refractivity contribution in [1.82, 2.24) is 4.98 Å². The lowest BCUT2D eigenvalue weighted by atomic mass is 9.98. The third kappa shape index (κ3) is 2.97. The van der Waals surface area contributed by atoms with Crippen LogP contribution < -0.4 is 11.4 Å². The summed E-state index contributed by atoms with van der Waals surface area (Å²) in [4.78, 5) is 16.7. The number of rotatable bonds is 3. The van der Waals surface area contributed by atoms with Crippen molar-refractivity contribution in [2.75, 3.05) is 5.73 Å². The summed E-state index contributed by atoms with van der Waals surface area (Å²) >= 11 is 0. The first kappa shape index (κ1) is 16.1. The minimum atomic E-state index is -0.305. The van der Waals surface area contributed by atoms with Crippen LogP contribution in [0.5, 0.6) is 0 Å². The predicted octanol–water partition coefficient (Wildman–Crippen LogP) is 4.34. The van der Waals surface area contributed by atoms with Crippen LogP contribution in [0.2, 0.25) is 0 Å². The van der Waals surface area contributed by atoms with Gasteiger partial charge in [-0.1, -0.05) is 30.3 Å². The molecule has 0 aliphatic heterocycles. The Morgan fingerprint density at radius 1 is 1.04 bits per heavy atom. The van der Waals surface area contributed by atoms with Gasteiger partial charge in [0.1, 0.15) is 5.58 Å². The molecule has 0 saturated heterocycles. The summed E-state index contributed by atoms with van der Waals surface area (Å²) in [5, 5.41) is 0.941. The zero-order valence-corrected chi connectivity index (χ0v) is 14.4. The van der Waals surface area contributed by atoms with Crippen LogP contribution in [0.1, 0.15) is 16.7 Å². The topological polar surface area (TPSA) is 69.1 Å². The Morgan fingerprint density at radius 3 is 2.69 bits per heavy atom. The van der Waals surface area contributed by atoms with Gasteiger partial charge in [0.15, 0.2) is 0 Å². The largest absolute Gasteiger partial charge is 0.422 e. The summed E-state index contributed by atoms with van der Waals surface area (Å²) in [6.45, 7) is 1.96. The molecular formula is C22H18N2O2. The van der Waals surface area contributed by atoms with Crippen LogP contribution in [0.4, 0.5) is 5.69 Å². The minimum Gasteiger partial charge on any atom is -0.422 e. The zero-order valence-electron chi connectivity index (χ0n) is 14.4. The first-order chi connectivity index (χ1) is 12.6. The Kier molecular flexibility index (Phi) is 4.01. The SMILES string of the molecule is Cc1c(Cc2cccc(N)c2)c(=O)oc2cc(-c3cccnc3)ccc12. The quantitative estimate of drug-likeness (QED) is 0.444. The summed E-state index contributed by atoms with van der Waals surface area (Å²) in [7, 11) is 0. The lowest BCUT2D eigenvalue weighted by molar-refractivity contribution is 0.551. The number of aromatic nitrogens is 1. The molecule has 4 heteroatoms. The average Bonchev–Trinajstić information content (AvgIpc) is 2.65. The van der Waals surface area contributed by atoms with Crippen LogP contribution >= 0.6 is 0 Å². The number of benzene rings is 2. The number of hydrogen-bond donors (Lipinski definition) is 1. The molecule has 2 N–H and O–H groups in total. The second kappa shape index (κ2) is 6.48. The number of nitrogens with two attached hydrogens (primary N) is 1. The van der Waals surface area contributed by atoms with E-state index < -0.39 is 0 Å². The molecule has 0 fully saturated rings. The van der Waals surface area contributed by atoms with Gasteiger partial charge in [0.25, 0.3) is 0 Å². The highest BCUT2D eigenvalue weighted by atomic mass is 16.4. The lowest BCUT2D eigenvalue weighted by Gasteiger charge is -2.10. The predicted molar refractivity (Wildman–Crippen MR) is 104 cm³/mol. The van der Waals surface area contributed by atoms with Gasteiger partial charge in [-0.2, -0.15) is 0 Å². The first-order valence-electron chi connectivity index (χ1n) is 8.43. The molecule has 0 unspecified atom stereocenters. The number of pyridine rings is 1. The highest BCUT2D eigenvalue weighted by Crippen LogP contribution is 2.27. The molecule has 0 radical (unpaired) electrons. The Morgan fingerprint density at radius 2 is 1.92 bits per heavy atom. The molecule has 4 rings (SSSR count). The Labute approximate surface area is 150 Å². The van der Waals surface area contributed by atoms with Crippen molar-refractivity contribution in [3.05, 3.63) is 94.1 Å². The average molecular weight is 342 g/mol. The van der Waals surface area contributed by atoms with Crippen molar-refractivity contribution < 1.29 is 4.42 Å². The van der Waals surface area contributed by atoms with Gasteiger partial charge in [-0.3, -0.25) is 4.98 Å². The van der Waals surface area contributed by atoms with E-state index in [1.54, 1.807) is 12.4 Å². The second-order valence-electron chi connectivity index (χ2n) is 6.37. The molecule has 2 aromatic carbocycles. The van der Waals surface area contributed by atoms with Crippen LogP contribution in [0, 0.1) is 6.92 Å². The molecule has 128 valence electrons. The summed E-state index contributed by atoms with van der Waals surface area (Å²) in [5.74, 6) is 0. The molecule has 0 aliphatic rings. The number of fused-ring (bicyclic) bond motifs is 1. The smallest absolute Gasteiger partial charge is 0.340 e. The lowest BCUT2D eigenvalue weighted by Crippen LogP contribution is -2.11. The Bertz CT molecular complexity index is 1150. The summed E-state index contributed by atoms with van der Waals surface area (Å²) in [5.41, 5.74) is 11.4. The summed E-state index contributed by atoms with van der Waals surface area (Å²) in [6, 6.07) is 17.4. The van der Waals surface area contributed by atoms with Crippen LogP contribution in [0.25, 0.3) is 22.1 Å². The fourth-order valence-corrected chi connectivity index (χ4v) is 3.22. The molecule has 26 heavy (non-hydrogen) atoms. The van der Waals surface area contributed by atoms with Crippen LogP contribution in [-0.4, -0.2) is 4.98 Å². The highest BCUT2D eigenvalue weighted by Gasteiger charge is 2.13. The Hall–Kier alpha value is -3.40. The van der Waals surface area contributed by atoms with Gasteiger partial charge in [-0.05, 0) is 47.9 Å². The standard InChI is InChI=1S/C22H18N2O2/c1-14-19-8-7-16(17-5-3-9-24-13-17)12-21(19)26-22(25)20(14)11-15-4-2-6-18(23)10-15/h2-10,12-13H,11,23H2,1H3. The van der Waals surface area contributed by atoms with E-state index in [9.17, 15) is 4.79 Å². The van der Waals surface area contributed by atoms with Crippen LogP contribution in [0.3, 0.4) is 0 Å². The van der Waals surface area contributed by atoms with Crippen molar-refractivity contribution in [2.45, 2.75) is 13.3 Å². The highest BCUT2D eigenvalue weighted by molar-refractivity contribution is 5.85. The molecule has 2 heterocycles. The van der Waals surface area contributed by atoms with E-state index in [-0.39, 0.29) is 5.63 Å². The maximum atomic E-state index is 12.6. The third-order valence-corrected chi connectivity index (χ3v) is 4.61. The van der Waals surface area contributed by atoms with E-state index in [4.69, 9.17) is 10.2 Å². The van der Waals surface area contributed by atoms with E-state index in [1.807, 2.05) is 61.5 Å². The summed E-state index contributed by atoms with van der Waals surface area (Å²) < 4.78 is 5.63. The van der Waals surface area contributed by atoms with Crippen molar-refractivity contribution in [1.29, 1.82) is 0 Å². The van der Waals surface area contributed by atoms with Gasteiger partial charge in [-0.15, -0.1) is 0 Å². The van der Waals surface area contributed by atoms with E-state index in [0.29, 0.717) is 23.3 Å². The number of aryl methyl sites for hydroxylation is 1. The number of anilines is 1. The molecule has 0 amide bonds. The van der Waals surface area contributed by atoms with Crippen molar-refractivity contribution >= 4 is 16.7 Å². The van der Waals surface area contributed by atoms with Crippen molar-refractivity contribution in [3.8, 4) is 11.1 Å². The number of nitrogen functional groups attached to an aromatic ring is 1. The molecular weight excluding hydrogens is 324 g/mol. The third-order valence-electron chi connectivity index (χ3n) is 4.61. The second-order valence-corrected chi connectivity index (χ2v) is 6.37. The summed E-state index contributed by atoms with van der Waals surface area (Å²) in [6.07, 6.45) is 4.03. The van der Waals surface area contributed by atoms with E-state index in [0.717, 1.165) is 27.6 Å². The molecule has 0 atom stereocenters. The Balaban J connectivity index is 1.81. The van der Waals surface area contributed by atoms with Gasteiger partial charge in [-0.25, -0.2) is 4.79 Å².